The molecule has 25 heavy (non-hydrogen) atoms. The molecule has 0 N–H and O–H groups in total. The Balaban J connectivity index is 1.58. The van der Waals surface area contributed by atoms with Crippen molar-refractivity contribution in [2.24, 2.45) is 0 Å². The summed E-state index contributed by atoms with van der Waals surface area (Å²) in [4.78, 5) is 14.2. The molecule has 1 aliphatic rings. The Morgan fingerprint density at radius 2 is 2.00 bits per heavy atom. The summed E-state index contributed by atoms with van der Waals surface area (Å²) in [5.41, 5.74) is 1.17. The molecule has 1 aliphatic heterocycles. The Morgan fingerprint density at radius 3 is 2.72 bits per heavy atom. The largest absolute Gasteiger partial charge is 0.497 e. The smallest absolute Gasteiger partial charge is 0.260 e. The molecule has 1 amide bonds. The summed E-state index contributed by atoms with van der Waals surface area (Å²) in [6.07, 6.45) is 0. The molecule has 132 valence electrons. The first-order valence-electron chi connectivity index (χ1n) is 8.08. The number of carbonyl (C=O) groups excluding carboxylic acids is 1. The summed E-state index contributed by atoms with van der Waals surface area (Å²) in [6.45, 7) is 1.15. The standard InChI is InChI=1S/C19H20FNO3S/c1-23-15-8-6-14(7-9-15)18-12-21(10-11-25-18)19(22)13-24-17-5-3-2-4-16(17)20/h2-9,18H,10-13H2,1H3. The van der Waals surface area contributed by atoms with Gasteiger partial charge in [0.05, 0.1) is 7.11 Å². The van der Waals surface area contributed by atoms with Crippen LogP contribution in [0.3, 0.4) is 0 Å². The lowest BCUT2D eigenvalue weighted by Gasteiger charge is -2.32. The van der Waals surface area contributed by atoms with Gasteiger partial charge in [0.1, 0.15) is 5.75 Å². The highest BCUT2D eigenvalue weighted by molar-refractivity contribution is 7.99. The van der Waals surface area contributed by atoms with E-state index in [4.69, 9.17) is 9.47 Å². The van der Waals surface area contributed by atoms with Crippen molar-refractivity contribution in [1.29, 1.82) is 0 Å². The number of amides is 1. The van der Waals surface area contributed by atoms with Crippen molar-refractivity contribution in [1.82, 2.24) is 4.90 Å². The van der Waals surface area contributed by atoms with E-state index < -0.39 is 5.82 Å². The maximum atomic E-state index is 13.6. The number of hydrogen-bond acceptors (Lipinski definition) is 4. The van der Waals surface area contributed by atoms with Crippen molar-refractivity contribution in [3.8, 4) is 11.5 Å². The van der Waals surface area contributed by atoms with Gasteiger partial charge >= 0.3 is 0 Å². The van der Waals surface area contributed by atoms with Gasteiger partial charge in [0.25, 0.3) is 5.91 Å². The molecule has 0 aromatic heterocycles. The number of nitrogens with zero attached hydrogens (tertiary/aromatic N) is 1. The van der Waals surface area contributed by atoms with Crippen molar-refractivity contribution >= 4 is 17.7 Å². The Morgan fingerprint density at radius 1 is 1.24 bits per heavy atom. The number of thioether (sulfide) groups is 1. The maximum absolute atomic E-state index is 13.6. The van der Waals surface area contributed by atoms with E-state index in [0.717, 1.165) is 11.5 Å². The summed E-state index contributed by atoms with van der Waals surface area (Å²) in [7, 11) is 1.64. The third-order valence-corrected chi connectivity index (χ3v) is 5.34. The molecule has 0 bridgehead atoms. The molecule has 1 heterocycles. The third kappa shape index (κ3) is 4.45. The third-order valence-electron chi connectivity index (χ3n) is 4.09. The molecule has 6 heteroatoms. The quantitative estimate of drug-likeness (QED) is 0.817. The SMILES string of the molecule is COc1ccc(C2CN(C(=O)COc3ccccc3F)CCS2)cc1. The fraction of sp³-hybridized carbons (Fsp3) is 0.316. The van der Waals surface area contributed by atoms with Gasteiger partial charge in [-0.25, -0.2) is 4.39 Å². The van der Waals surface area contributed by atoms with Gasteiger partial charge < -0.3 is 14.4 Å². The minimum atomic E-state index is -0.458. The second kappa shape index (κ2) is 8.25. The van der Waals surface area contributed by atoms with Crippen molar-refractivity contribution in [3.05, 3.63) is 59.9 Å². The van der Waals surface area contributed by atoms with E-state index in [0.29, 0.717) is 13.1 Å². The maximum Gasteiger partial charge on any atom is 0.260 e. The fourth-order valence-electron chi connectivity index (χ4n) is 2.69. The number of rotatable bonds is 5. The zero-order valence-electron chi connectivity index (χ0n) is 14.0. The van der Waals surface area contributed by atoms with Crippen LogP contribution in [0.25, 0.3) is 0 Å². The monoisotopic (exact) mass is 361 g/mol. The highest BCUT2D eigenvalue weighted by Crippen LogP contribution is 2.34. The molecule has 0 aliphatic carbocycles. The Bertz CT molecular complexity index is 723. The van der Waals surface area contributed by atoms with Gasteiger partial charge in [-0.15, -0.1) is 0 Å². The van der Waals surface area contributed by atoms with Crippen LogP contribution in [-0.4, -0.2) is 43.4 Å². The number of methoxy groups -OCH3 is 1. The van der Waals surface area contributed by atoms with E-state index in [1.807, 2.05) is 36.0 Å². The van der Waals surface area contributed by atoms with E-state index in [-0.39, 0.29) is 23.5 Å². The van der Waals surface area contributed by atoms with Crippen molar-refractivity contribution < 1.29 is 18.7 Å². The molecule has 1 saturated heterocycles. The van der Waals surface area contributed by atoms with Crippen molar-refractivity contribution in [2.75, 3.05) is 32.6 Å². The van der Waals surface area contributed by atoms with Crippen molar-refractivity contribution in [3.63, 3.8) is 0 Å². The van der Waals surface area contributed by atoms with Crippen LogP contribution in [-0.2, 0) is 4.79 Å². The van der Waals surface area contributed by atoms with Crippen LogP contribution in [0.5, 0.6) is 11.5 Å². The summed E-state index contributed by atoms with van der Waals surface area (Å²) in [5.74, 6) is 1.20. The first kappa shape index (κ1) is 17.6. The normalized spacial score (nSPS) is 17.2. The van der Waals surface area contributed by atoms with E-state index in [2.05, 4.69) is 0 Å². The number of ether oxygens (including phenoxy) is 2. The zero-order valence-corrected chi connectivity index (χ0v) is 14.8. The number of carbonyl (C=O) groups is 1. The Labute approximate surface area is 150 Å². The number of benzene rings is 2. The first-order valence-corrected chi connectivity index (χ1v) is 9.13. The minimum absolute atomic E-state index is 0.105. The molecule has 2 aromatic carbocycles. The Kier molecular flexibility index (Phi) is 5.81. The average Bonchev–Trinajstić information content (AvgIpc) is 2.67. The molecule has 1 atom stereocenters. The van der Waals surface area contributed by atoms with E-state index in [1.54, 1.807) is 24.1 Å². The van der Waals surface area contributed by atoms with Crippen LogP contribution in [0, 0.1) is 5.82 Å². The summed E-state index contributed by atoms with van der Waals surface area (Å²) >= 11 is 1.83. The van der Waals surface area contributed by atoms with Gasteiger partial charge in [-0.3, -0.25) is 4.79 Å². The second-order valence-corrected chi connectivity index (χ2v) is 7.00. The highest BCUT2D eigenvalue weighted by Gasteiger charge is 2.25. The topological polar surface area (TPSA) is 38.8 Å². The molecule has 4 nitrogen and oxygen atoms in total. The predicted octanol–water partition coefficient (Wildman–Crippen LogP) is 3.53. The average molecular weight is 361 g/mol. The number of para-hydroxylation sites is 1. The molecule has 1 unspecified atom stereocenters. The molecule has 0 spiro atoms. The van der Waals surface area contributed by atoms with Gasteiger partial charge in [0.2, 0.25) is 0 Å². The van der Waals surface area contributed by atoms with Gasteiger partial charge in [0, 0.05) is 24.1 Å². The Hall–Kier alpha value is -2.21. The van der Waals surface area contributed by atoms with Crippen LogP contribution in [0.15, 0.2) is 48.5 Å². The molecular formula is C19H20FNO3S. The van der Waals surface area contributed by atoms with Crippen LogP contribution in [0.4, 0.5) is 4.39 Å². The van der Waals surface area contributed by atoms with E-state index >= 15 is 0 Å². The molecule has 0 saturated carbocycles. The predicted molar refractivity (Wildman–Crippen MR) is 96.7 cm³/mol. The second-order valence-electron chi connectivity index (χ2n) is 5.69. The first-order chi connectivity index (χ1) is 12.2. The van der Waals surface area contributed by atoms with Gasteiger partial charge in [-0.05, 0) is 29.8 Å². The molecule has 0 radical (unpaired) electrons. The lowest BCUT2D eigenvalue weighted by Crippen LogP contribution is -2.41. The summed E-state index contributed by atoms with van der Waals surface area (Å²) in [6, 6.07) is 14.0. The summed E-state index contributed by atoms with van der Waals surface area (Å²) in [5, 5.41) is 0.220. The van der Waals surface area contributed by atoms with Gasteiger partial charge in [0.15, 0.2) is 18.2 Å². The van der Waals surface area contributed by atoms with E-state index in [1.165, 1.54) is 17.7 Å². The lowest BCUT2D eigenvalue weighted by atomic mass is 10.1. The molecule has 2 aromatic rings. The lowest BCUT2D eigenvalue weighted by molar-refractivity contribution is -0.133. The number of hydrogen-bond donors (Lipinski definition) is 0. The number of halogens is 1. The van der Waals surface area contributed by atoms with Crippen LogP contribution < -0.4 is 9.47 Å². The summed E-state index contributed by atoms with van der Waals surface area (Å²) < 4.78 is 24.1. The van der Waals surface area contributed by atoms with Crippen LogP contribution in [0.1, 0.15) is 10.8 Å². The molecule has 3 rings (SSSR count). The molecule has 1 fully saturated rings. The zero-order chi connectivity index (χ0) is 17.6. The van der Waals surface area contributed by atoms with Gasteiger partial charge in [-0.2, -0.15) is 11.8 Å². The molecular weight excluding hydrogens is 341 g/mol. The van der Waals surface area contributed by atoms with Crippen LogP contribution in [0.2, 0.25) is 0 Å². The minimum Gasteiger partial charge on any atom is -0.497 e. The van der Waals surface area contributed by atoms with E-state index in [9.17, 15) is 9.18 Å². The highest BCUT2D eigenvalue weighted by atomic mass is 32.2. The van der Waals surface area contributed by atoms with Gasteiger partial charge in [-0.1, -0.05) is 24.3 Å². The van der Waals surface area contributed by atoms with Crippen molar-refractivity contribution in [2.45, 2.75) is 5.25 Å². The fourth-order valence-corrected chi connectivity index (χ4v) is 3.93. The van der Waals surface area contributed by atoms with Crippen LogP contribution >= 0.6 is 11.8 Å².